The molecule has 0 radical (unpaired) electrons. The molecule has 1 saturated heterocycles. The van der Waals surface area contributed by atoms with Crippen molar-refractivity contribution in [3.8, 4) is 0 Å². The van der Waals surface area contributed by atoms with E-state index in [0.717, 1.165) is 17.5 Å². The van der Waals surface area contributed by atoms with E-state index < -0.39 is 0 Å². The van der Waals surface area contributed by atoms with Crippen LogP contribution in [0.1, 0.15) is 32.6 Å². The molecule has 100 valence electrons. The second-order valence-corrected chi connectivity index (χ2v) is 7.74. The van der Waals surface area contributed by atoms with Crippen LogP contribution in [-0.2, 0) is 5.41 Å². The lowest BCUT2D eigenvalue weighted by Crippen LogP contribution is -2.32. The van der Waals surface area contributed by atoms with Gasteiger partial charge >= 0.3 is 0 Å². The van der Waals surface area contributed by atoms with Gasteiger partial charge in [-0.25, -0.2) is 0 Å². The summed E-state index contributed by atoms with van der Waals surface area (Å²) in [6.07, 6.45) is 0. The van der Waals surface area contributed by atoms with E-state index in [1.807, 2.05) is 23.1 Å². The summed E-state index contributed by atoms with van der Waals surface area (Å²) >= 11 is 3.68. The molecule has 2 nitrogen and oxygen atoms in total. The molecule has 0 aliphatic carbocycles. The number of thiophene rings is 1. The van der Waals surface area contributed by atoms with Crippen molar-refractivity contribution in [1.82, 2.24) is 5.32 Å². The van der Waals surface area contributed by atoms with Crippen LogP contribution in [0.15, 0.2) is 22.5 Å². The number of rotatable bonds is 4. The van der Waals surface area contributed by atoms with Gasteiger partial charge in [-0.3, -0.25) is 4.99 Å². The average molecular weight is 282 g/mol. The summed E-state index contributed by atoms with van der Waals surface area (Å²) in [5.41, 5.74) is 0.138. The van der Waals surface area contributed by atoms with Gasteiger partial charge in [-0.15, -0.1) is 11.3 Å². The number of hydrogen-bond acceptors (Lipinski definition) is 3. The molecule has 2 heterocycles. The molecule has 0 unspecified atom stereocenters. The second-order valence-electron chi connectivity index (χ2n) is 5.79. The molecule has 1 aromatic rings. The Labute approximate surface area is 118 Å². The highest BCUT2D eigenvalue weighted by Crippen LogP contribution is 2.28. The molecule has 0 bridgehead atoms. The Morgan fingerprint density at radius 3 is 2.83 bits per heavy atom. The van der Waals surface area contributed by atoms with Crippen LogP contribution in [0.3, 0.4) is 0 Å². The first-order valence-electron chi connectivity index (χ1n) is 6.47. The zero-order valence-corrected chi connectivity index (χ0v) is 13.2. The Morgan fingerprint density at radius 1 is 1.50 bits per heavy atom. The Morgan fingerprint density at radius 2 is 2.28 bits per heavy atom. The Bertz CT molecular complexity index is 407. The van der Waals surface area contributed by atoms with Gasteiger partial charge in [0.1, 0.15) is 0 Å². The minimum Gasteiger partial charge on any atom is -0.361 e. The normalized spacial score (nSPS) is 22.7. The van der Waals surface area contributed by atoms with E-state index in [1.54, 1.807) is 0 Å². The largest absolute Gasteiger partial charge is 0.361 e. The highest BCUT2D eigenvalue weighted by molar-refractivity contribution is 8.14. The van der Waals surface area contributed by atoms with E-state index in [-0.39, 0.29) is 5.41 Å². The predicted molar refractivity (Wildman–Crippen MR) is 83.9 cm³/mol. The first kappa shape index (κ1) is 13.9. The summed E-state index contributed by atoms with van der Waals surface area (Å²) in [4.78, 5) is 6.17. The second kappa shape index (κ2) is 5.66. The fraction of sp³-hybridized carbons (Fsp3) is 0.643. The van der Waals surface area contributed by atoms with Gasteiger partial charge in [0.25, 0.3) is 0 Å². The highest BCUT2D eigenvalue weighted by Gasteiger charge is 2.25. The van der Waals surface area contributed by atoms with Crippen LogP contribution < -0.4 is 5.32 Å². The van der Waals surface area contributed by atoms with E-state index in [1.165, 1.54) is 4.88 Å². The minimum absolute atomic E-state index is 0.138. The summed E-state index contributed by atoms with van der Waals surface area (Å²) in [5.74, 6) is 1.83. The molecule has 2 rings (SSSR count). The quantitative estimate of drug-likeness (QED) is 0.909. The van der Waals surface area contributed by atoms with Crippen LogP contribution in [0.25, 0.3) is 0 Å². The summed E-state index contributed by atoms with van der Waals surface area (Å²) in [7, 11) is 0. The third-order valence-electron chi connectivity index (χ3n) is 3.32. The van der Waals surface area contributed by atoms with Gasteiger partial charge in [0.05, 0.1) is 6.54 Å². The van der Waals surface area contributed by atoms with Gasteiger partial charge in [0.2, 0.25) is 0 Å². The van der Waals surface area contributed by atoms with Crippen molar-refractivity contribution in [3.05, 3.63) is 22.4 Å². The van der Waals surface area contributed by atoms with Gasteiger partial charge in [0, 0.05) is 22.1 Å². The van der Waals surface area contributed by atoms with Gasteiger partial charge in [-0.1, -0.05) is 45.5 Å². The molecule has 1 N–H and O–H groups in total. The smallest absolute Gasteiger partial charge is 0.156 e. The van der Waals surface area contributed by atoms with E-state index >= 15 is 0 Å². The number of nitrogens with one attached hydrogen (secondary N) is 1. The lowest BCUT2D eigenvalue weighted by Gasteiger charge is -2.21. The highest BCUT2D eigenvalue weighted by atomic mass is 32.2. The fourth-order valence-corrected chi connectivity index (χ4v) is 3.91. The molecule has 0 saturated carbocycles. The van der Waals surface area contributed by atoms with E-state index in [2.05, 4.69) is 50.5 Å². The van der Waals surface area contributed by atoms with Crippen molar-refractivity contribution >= 4 is 28.3 Å². The minimum atomic E-state index is 0.138. The zero-order valence-electron chi connectivity index (χ0n) is 11.6. The number of thioether (sulfide) groups is 1. The third kappa shape index (κ3) is 3.29. The monoisotopic (exact) mass is 282 g/mol. The molecule has 1 atom stereocenters. The number of hydrogen-bond donors (Lipinski definition) is 1. The fourth-order valence-electron chi connectivity index (χ4n) is 1.87. The maximum Gasteiger partial charge on any atom is 0.156 e. The lowest BCUT2D eigenvalue weighted by molar-refractivity contribution is 0.500. The van der Waals surface area contributed by atoms with Crippen molar-refractivity contribution in [2.45, 2.75) is 39.2 Å². The number of amidine groups is 1. The van der Waals surface area contributed by atoms with Gasteiger partial charge in [-0.2, -0.15) is 0 Å². The van der Waals surface area contributed by atoms with Crippen molar-refractivity contribution in [1.29, 1.82) is 0 Å². The maximum atomic E-state index is 4.76. The van der Waals surface area contributed by atoms with E-state index in [4.69, 9.17) is 4.99 Å². The zero-order chi connectivity index (χ0) is 13.2. The number of aliphatic imine (C=N–C) groups is 1. The molecule has 4 heteroatoms. The summed E-state index contributed by atoms with van der Waals surface area (Å²) in [6.45, 7) is 9.91. The van der Waals surface area contributed by atoms with Crippen molar-refractivity contribution in [3.63, 3.8) is 0 Å². The lowest BCUT2D eigenvalue weighted by atomic mass is 9.92. The Kier molecular flexibility index (Phi) is 4.38. The van der Waals surface area contributed by atoms with Gasteiger partial charge in [0.15, 0.2) is 5.17 Å². The van der Waals surface area contributed by atoms with Crippen molar-refractivity contribution in [2.24, 2.45) is 10.9 Å². The Balaban J connectivity index is 1.95. The predicted octanol–water partition coefficient (Wildman–Crippen LogP) is 3.74. The molecule has 1 aliphatic heterocycles. The summed E-state index contributed by atoms with van der Waals surface area (Å²) < 4.78 is 0. The molecule has 1 aliphatic rings. The molecular weight excluding hydrogens is 260 g/mol. The molecular formula is C14H22N2S2. The number of nitrogens with zero attached hydrogens (tertiary/aromatic N) is 1. The maximum absolute atomic E-state index is 4.76. The van der Waals surface area contributed by atoms with Crippen molar-refractivity contribution < 1.29 is 0 Å². The third-order valence-corrected chi connectivity index (χ3v) is 5.60. The topological polar surface area (TPSA) is 24.4 Å². The molecule has 0 amide bonds. The standard InChI is InChI=1S/C14H22N2S2/c1-10(2)11-8-18-13(16-11)15-9-14(3,4)12-6-5-7-17-12/h5-7,10-11H,8-9H2,1-4H3,(H,15,16)/t11-/m1/s1. The van der Waals surface area contributed by atoms with Crippen molar-refractivity contribution in [2.75, 3.05) is 12.3 Å². The van der Waals surface area contributed by atoms with Gasteiger partial charge in [-0.05, 0) is 17.4 Å². The van der Waals surface area contributed by atoms with Crippen LogP contribution in [0.4, 0.5) is 0 Å². The van der Waals surface area contributed by atoms with Gasteiger partial charge < -0.3 is 5.32 Å². The Hall–Kier alpha value is -0.480. The first-order chi connectivity index (χ1) is 8.49. The van der Waals surface area contributed by atoms with Crippen LogP contribution in [0.2, 0.25) is 0 Å². The van der Waals surface area contributed by atoms with Crippen LogP contribution >= 0.6 is 23.1 Å². The summed E-state index contributed by atoms with van der Waals surface area (Å²) in [6, 6.07) is 4.90. The molecule has 1 fully saturated rings. The molecule has 18 heavy (non-hydrogen) atoms. The first-order valence-corrected chi connectivity index (χ1v) is 8.33. The molecule has 0 spiro atoms. The van der Waals surface area contributed by atoms with Crippen LogP contribution in [-0.4, -0.2) is 23.5 Å². The van der Waals surface area contributed by atoms with E-state index in [9.17, 15) is 0 Å². The SMILES string of the molecule is CC(C)[C@H]1CSC(=NCC(C)(C)c2cccs2)N1. The molecule has 1 aromatic heterocycles. The average Bonchev–Trinajstić information content (AvgIpc) is 2.98. The summed E-state index contributed by atoms with van der Waals surface area (Å²) in [5, 5.41) is 6.79. The molecule has 0 aromatic carbocycles. The van der Waals surface area contributed by atoms with Crippen LogP contribution in [0.5, 0.6) is 0 Å². The van der Waals surface area contributed by atoms with E-state index in [0.29, 0.717) is 12.0 Å². The van der Waals surface area contributed by atoms with Crippen LogP contribution in [0, 0.1) is 5.92 Å².